The normalized spacial score (nSPS) is 19.9. The second-order valence-corrected chi connectivity index (χ2v) is 11.7. The SMILES string of the molecule is CC(=O)c1nn(CC(=O)N2C3CCC(CC3)[C@H]2C(=O)Nc2nc(Br)ccc2C)c2ccc(-c3cnc(C)nc3)cc12. The van der Waals surface area contributed by atoms with E-state index in [0.717, 1.165) is 42.4 Å². The molecule has 2 aliphatic heterocycles. The number of rotatable bonds is 6. The highest BCUT2D eigenvalue weighted by Crippen LogP contribution is 2.40. The molecule has 2 amide bonds. The largest absolute Gasteiger partial charge is 0.326 e. The minimum Gasteiger partial charge on any atom is -0.326 e. The van der Waals surface area contributed by atoms with Crippen molar-refractivity contribution in [1.29, 1.82) is 0 Å². The first-order valence-electron chi connectivity index (χ1n) is 13.8. The molecule has 0 spiro atoms. The van der Waals surface area contributed by atoms with Gasteiger partial charge in [-0.1, -0.05) is 12.1 Å². The molecule has 1 saturated carbocycles. The van der Waals surface area contributed by atoms with Crippen molar-refractivity contribution in [2.75, 3.05) is 5.32 Å². The Labute approximate surface area is 245 Å². The van der Waals surface area contributed by atoms with Gasteiger partial charge in [-0.15, -0.1) is 0 Å². The van der Waals surface area contributed by atoms with Crippen LogP contribution < -0.4 is 5.32 Å². The van der Waals surface area contributed by atoms with E-state index >= 15 is 0 Å². The minimum atomic E-state index is -0.586. The second kappa shape index (κ2) is 10.8. The highest BCUT2D eigenvalue weighted by atomic mass is 79.9. The summed E-state index contributed by atoms with van der Waals surface area (Å²) in [6, 6.07) is 8.78. The molecule has 41 heavy (non-hydrogen) atoms. The summed E-state index contributed by atoms with van der Waals surface area (Å²) in [5.74, 6) is 0.641. The number of fused-ring (bicyclic) bond motifs is 4. The maximum absolute atomic E-state index is 13.9. The lowest BCUT2D eigenvalue weighted by atomic mass is 9.74. The number of carbonyl (C=O) groups excluding carboxylic acids is 3. The molecule has 4 aromatic rings. The zero-order valence-corrected chi connectivity index (χ0v) is 24.7. The molecule has 2 saturated heterocycles. The molecule has 5 heterocycles. The van der Waals surface area contributed by atoms with Gasteiger partial charge < -0.3 is 10.2 Å². The molecular formula is C30H30BrN7O3. The number of Topliss-reactive ketones (excluding diaryl/α,β-unsaturated/α-hetero) is 1. The number of ketones is 1. The average Bonchev–Trinajstić information content (AvgIpc) is 3.33. The quantitative estimate of drug-likeness (QED) is 0.242. The lowest BCUT2D eigenvalue weighted by Gasteiger charge is -2.50. The summed E-state index contributed by atoms with van der Waals surface area (Å²) in [6.45, 7) is 5.11. The highest BCUT2D eigenvalue weighted by Gasteiger charge is 2.47. The number of nitrogens with zero attached hydrogens (tertiary/aromatic N) is 6. The van der Waals surface area contributed by atoms with E-state index in [0.29, 0.717) is 32.8 Å². The predicted molar refractivity (Wildman–Crippen MR) is 157 cm³/mol. The van der Waals surface area contributed by atoms with Crippen molar-refractivity contribution in [3.05, 3.63) is 64.4 Å². The van der Waals surface area contributed by atoms with Crippen LogP contribution in [-0.4, -0.2) is 59.3 Å². The fraction of sp³-hybridized carbons (Fsp3) is 0.367. The Morgan fingerprint density at radius 1 is 1.00 bits per heavy atom. The van der Waals surface area contributed by atoms with Crippen LogP contribution in [0.5, 0.6) is 0 Å². The molecule has 11 heteroatoms. The summed E-state index contributed by atoms with van der Waals surface area (Å²) >= 11 is 3.37. The number of anilines is 1. The van der Waals surface area contributed by atoms with Crippen molar-refractivity contribution >= 4 is 50.2 Å². The zero-order chi connectivity index (χ0) is 28.8. The van der Waals surface area contributed by atoms with Gasteiger partial charge in [-0.2, -0.15) is 5.10 Å². The number of aromatic nitrogens is 5. The van der Waals surface area contributed by atoms with Gasteiger partial charge in [0, 0.05) is 36.3 Å². The fourth-order valence-corrected chi connectivity index (χ4v) is 6.47. The molecule has 3 fully saturated rings. The predicted octanol–water partition coefficient (Wildman–Crippen LogP) is 4.88. The van der Waals surface area contributed by atoms with Gasteiger partial charge >= 0.3 is 0 Å². The molecule has 3 aliphatic rings. The van der Waals surface area contributed by atoms with Crippen molar-refractivity contribution in [2.45, 2.75) is 65.1 Å². The van der Waals surface area contributed by atoms with Crippen LogP contribution in [0.15, 0.2) is 47.3 Å². The van der Waals surface area contributed by atoms with Crippen LogP contribution in [0.2, 0.25) is 0 Å². The van der Waals surface area contributed by atoms with Crippen LogP contribution in [0.3, 0.4) is 0 Å². The van der Waals surface area contributed by atoms with E-state index in [4.69, 9.17) is 0 Å². The number of nitrogens with one attached hydrogen (secondary N) is 1. The van der Waals surface area contributed by atoms with Gasteiger partial charge in [0.15, 0.2) is 5.78 Å². The lowest BCUT2D eigenvalue weighted by Crippen LogP contribution is -2.62. The van der Waals surface area contributed by atoms with E-state index in [1.165, 1.54) is 6.92 Å². The Bertz CT molecular complexity index is 1680. The third kappa shape index (κ3) is 5.14. The van der Waals surface area contributed by atoms with Crippen molar-refractivity contribution < 1.29 is 14.4 Å². The first kappa shape index (κ1) is 27.2. The number of hydrogen-bond donors (Lipinski definition) is 1. The molecule has 210 valence electrons. The molecular weight excluding hydrogens is 586 g/mol. The maximum Gasteiger partial charge on any atom is 0.248 e. The summed E-state index contributed by atoms with van der Waals surface area (Å²) < 4.78 is 2.21. The number of piperidine rings is 2. The molecule has 1 aromatic carbocycles. The van der Waals surface area contributed by atoms with E-state index in [1.54, 1.807) is 22.0 Å². The second-order valence-electron chi connectivity index (χ2n) is 10.9. The number of carbonyl (C=O) groups is 3. The van der Waals surface area contributed by atoms with E-state index in [1.807, 2.05) is 44.2 Å². The van der Waals surface area contributed by atoms with E-state index < -0.39 is 6.04 Å². The molecule has 7 rings (SSSR count). The van der Waals surface area contributed by atoms with Gasteiger partial charge in [0.2, 0.25) is 11.8 Å². The summed E-state index contributed by atoms with van der Waals surface area (Å²) in [5, 5.41) is 8.20. The third-order valence-corrected chi connectivity index (χ3v) is 8.67. The number of halogens is 1. The molecule has 0 unspecified atom stereocenters. The van der Waals surface area contributed by atoms with Crippen LogP contribution in [0.1, 0.15) is 54.5 Å². The third-order valence-electron chi connectivity index (χ3n) is 8.23. The molecule has 0 radical (unpaired) electrons. The van der Waals surface area contributed by atoms with Crippen LogP contribution in [0.25, 0.3) is 22.0 Å². The average molecular weight is 617 g/mol. The van der Waals surface area contributed by atoms with Crippen molar-refractivity contribution in [1.82, 2.24) is 29.6 Å². The summed E-state index contributed by atoms with van der Waals surface area (Å²) in [5.41, 5.74) is 3.50. The van der Waals surface area contributed by atoms with Gasteiger partial charge in [-0.05, 0) is 90.7 Å². The van der Waals surface area contributed by atoms with Gasteiger partial charge in [0.05, 0.1) is 5.52 Å². The van der Waals surface area contributed by atoms with E-state index in [2.05, 4.69) is 41.3 Å². The Morgan fingerprint density at radius 2 is 1.73 bits per heavy atom. The smallest absolute Gasteiger partial charge is 0.248 e. The van der Waals surface area contributed by atoms with Crippen molar-refractivity contribution in [3.8, 4) is 11.1 Å². The summed E-state index contributed by atoms with van der Waals surface area (Å²) in [7, 11) is 0. The van der Waals surface area contributed by atoms with E-state index in [9.17, 15) is 14.4 Å². The maximum atomic E-state index is 13.9. The Balaban J connectivity index is 1.31. The Hall–Kier alpha value is -3.99. The summed E-state index contributed by atoms with van der Waals surface area (Å²) in [4.78, 5) is 54.9. The fourth-order valence-electron chi connectivity index (χ4n) is 6.16. The van der Waals surface area contributed by atoms with Crippen LogP contribution in [0.4, 0.5) is 5.82 Å². The van der Waals surface area contributed by atoms with Crippen molar-refractivity contribution in [2.24, 2.45) is 5.92 Å². The monoisotopic (exact) mass is 615 g/mol. The van der Waals surface area contributed by atoms with Crippen LogP contribution >= 0.6 is 15.9 Å². The van der Waals surface area contributed by atoms with E-state index in [-0.39, 0.29) is 36.1 Å². The summed E-state index contributed by atoms with van der Waals surface area (Å²) in [6.07, 6.45) is 7.03. The standard InChI is InChI=1S/C30H30BrN7O3/c1-16-4-11-25(31)34-29(16)35-30(41)28-19-5-8-22(9-6-19)38(28)26(40)15-37-24-10-7-20(21-13-32-18(3)33-14-21)12-23(24)27(36-37)17(2)39/h4,7,10-14,19,22,28H,5-6,8-9,15H2,1-3H3,(H,34,35,41)/t19?,22?,28-/m0/s1. The van der Waals surface area contributed by atoms with Crippen LogP contribution in [-0.2, 0) is 16.1 Å². The Morgan fingerprint density at radius 3 is 2.44 bits per heavy atom. The first-order valence-corrected chi connectivity index (χ1v) is 14.5. The molecule has 2 bridgehead atoms. The zero-order valence-electron chi connectivity index (χ0n) is 23.1. The molecule has 10 nitrogen and oxygen atoms in total. The minimum absolute atomic E-state index is 0.0120. The number of amides is 2. The molecule has 1 atom stereocenters. The number of aryl methyl sites for hydroxylation is 2. The number of pyridine rings is 1. The molecule has 1 N–H and O–H groups in total. The number of hydrogen-bond acceptors (Lipinski definition) is 7. The molecule has 3 aromatic heterocycles. The highest BCUT2D eigenvalue weighted by molar-refractivity contribution is 9.10. The molecule has 1 aliphatic carbocycles. The first-order chi connectivity index (χ1) is 19.7. The topological polar surface area (TPSA) is 123 Å². The van der Waals surface area contributed by atoms with Gasteiger partial charge in [-0.3, -0.25) is 19.1 Å². The van der Waals surface area contributed by atoms with Crippen LogP contribution in [0, 0.1) is 19.8 Å². The van der Waals surface area contributed by atoms with Gasteiger partial charge in [0.1, 0.15) is 34.5 Å². The van der Waals surface area contributed by atoms with Gasteiger partial charge in [0.25, 0.3) is 0 Å². The Kier molecular flexibility index (Phi) is 7.14. The number of benzene rings is 1. The van der Waals surface area contributed by atoms with Crippen molar-refractivity contribution in [3.63, 3.8) is 0 Å². The lowest BCUT2D eigenvalue weighted by molar-refractivity contribution is -0.151. The van der Waals surface area contributed by atoms with Gasteiger partial charge in [-0.25, -0.2) is 15.0 Å².